The minimum atomic E-state index is -0.398. The van der Waals surface area contributed by atoms with Gasteiger partial charge in [0.1, 0.15) is 10.8 Å². The zero-order valence-electron chi connectivity index (χ0n) is 11.8. The highest BCUT2D eigenvalue weighted by Gasteiger charge is 2.14. The number of nitrogens with one attached hydrogen (secondary N) is 1. The Bertz CT molecular complexity index is 596. The largest absolute Gasteiger partial charge is 0.315 e. The quantitative estimate of drug-likeness (QED) is 0.878. The van der Waals surface area contributed by atoms with E-state index in [1.54, 1.807) is 23.5 Å². The molecule has 1 N–H and O–H groups in total. The Hall–Kier alpha value is -0.970. The lowest BCUT2D eigenvalue weighted by Crippen LogP contribution is -2.07. The highest BCUT2D eigenvalue weighted by Crippen LogP contribution is 2.31. The summed E-state index contributed by atoms with van der Waals surface area (Å²) in [6.07, 6.45) is 0.947. The lowest BCUT2D eigenvalue weighted by atomic mass is 10.1. The highest BCUT2D eigenvalue weighted by atomic mass is 35.5. The van der Waals surface area contributed by atoms with E-state index in [2.05, 4.69) is 19.2 Å². The molecule has 0 spiro atoms. The molecule has 0 fully saturated rings. The fourth-order valence-electron chi connectivity index (χ4n) is 1.98. The van der Waals surface area contributed by atoms with Crippen LogP contribution in [0.2, 0.25) is 5.02 Å². The molecule has 2 aromatic rings. The Morgan fingerprint density at radius 1 is 1.40 bits per heavy atom. The van der Waals surface area contributed by atoms with Gasteiger partial charge in [-0.15, -0.1) is 11.3 Å². The first-order valence-electron chi connectivity index (χ1n) is 6.60. The third-order valence-electron chi connectivity index (χ3n) is 2.88. The van der Waals surface area contributed by atoms with Gasteiger partial charge in [0.25, 0.3) is 0 Å². The molecule has 20 heavy (non-hydrogen) atoms. The maximum Gasteiger partial charge on any atom is 0.141 e. The number of benzene rings is 1. The van der Waals surface area contributed by atoms with E-state index in [9.17, 15) is 4.39 Å². The second kappa shape index (κ2) is 6.66. The van der Waals surface area contributed by atoms with E-state index in [1.165, 1.54) is 10.9 Å². The summed E-state index contributed by atoms with van der Waals surface area (Å²) < 4.78 is 13.2. The third-order valence-corrected chi connectivity index (χ3v) is 4.32. The number of hydrogen-bond acceptors (Lipinski definition) is 3. The molecule has 0 bridgehead atoms. The van der Waals surface area contributed by atoms with Crippen LogP contribution >= 0.6 is 22.9 Å². The van der Waals surface area contributed by atoms with Gasteiger partial charge >= 0.3 is 0 Å². The van der Waals surface area contributed by atoms with Crippen molar-refractivity contribution in [3.05, 3.63) is 39.6 Å². The van der Waals surface area contributed by atoms with Crippen molar-refractivity contribution >= 4 is 22.9 Å². The Kier molecular flexibility index (Phi) is 5.13. The van der Waals surface area contributed by atoms with E-state index >= 15 is 0 Å². The van der Waals surface area contributed by atoms with Crippen LogP contribution < -0.4 is 5.32 Å². The van der Waals surface area contributed by atoms with Crippen LogP contribution in [0.3, 0.4) is 0 Å². The van der Waals surface area contributed by atoms with Crippen LogP contribution in [0, 0.1) is 11.7 Å². The van der Waals surface area contributed by atoms with E-state index in [0.29, 0.717) is 5.92 Å². The number of rotatable bonds is 5. The van der Waals surface area contributed by atoms with Gasteiger partial charge in [-0.3, -0.25) is 0 Å². The maximum absolute atomic E-state index is 13.2. The summed E-state index contributed by atoms with van der Waals surface area (Å²) in [7, 11) is 1.92. The van der Waals surface area contributed by atoms with Crippen LogP contribution in [-0.4, -0.2) is 12.0 Å². The highest BCUT2D eigenvalue weighted by molar-refractivity contribution is 7.15. The average Bonchev–Trinajstić information content (AvgIpc) is 2.76. The Balaban J connectivity index is 2.38. The van der Waals surface area contributed by atoms with Crippen molar-refractivity contribution in [3.8, 4) is 10.6 Å². The van der Waals surface area contributed by atoms with Crippen molar-refractivity contribution in [1.29, 1.82) is 0 Å². The van der Waals surface area contributed by atoms with Crippen molar-refractivity contribution in [2.24, 2.45) is 5.92 Å². The van der Waals surface area contributed by atoms with Crippen LogP contribution in [0.15, 0.2) is 18.2 Å². The van der Waals surface area contributed by atoms with Crippen LogP contribution in [0.5, 0.6) is 0 Å². The van der Waals surface area contributed by atoms with Gasteiger partial charge in [-0.05, 0) is 37.6 Å². The predicted molar refractivity (Wildman–Crippen MR) is 83.8 cm³/mol. The van der Waals surface area contributed by atoms with Crippen LogP contribution in [-0.2, 0) is 13.0 Å². The fourth-order valence-corrected chi connectivity index (χ4v) is 3.26. The van der Waals surface area contributed by atoms with E-state index in [4.69, 9.17) is 16.6 Å². The van der Waals surface area contributed by atoms with E-state index < -0.39 is 5.82 Å². The predicted octanol–water partition coefficient (Wildman–Crippen LogP) is 4.52. The maximum atomic E-state index is 13.2. The number of aromatic nitrogens is 1. The molecule has 0 amide bonds. The molecule has 0 saturated heterocycles. The third kappa shape index (κ3) is 3.57. The molecule has 1 aromatic carbocycles. The zero-order chi connectivity index (χ0) is 14.7. The molecule has 0 aliphatic rings. The molecule has 0 atom stereocenters. The van der Waals surface area contributed by atoms with Gasteiger partial charge in [-0.2, -0.15) is 0 Å². The van der Waals surface area contributed by atoms with Gasteiger partial charge in [0.15, 0.2) is 0 Å². The minimum Gasteiger partial charge on any atom is -0.315 e. The average molecular weight is 313 g/mol. The Morgan fingerprint density at radius 2 is 2.15 bits per heavy atom. The number of halogens is 2. The smallest absolute Gasteiger partial charge is 0.141 e. The number of hydrogen-bond donors (Lipinski definition) is 1. The van der Waals surface area contributed by atoms with Crippen LogP contribution in [0.1, 0.15) is 24.4 Å². The molecular formula is C15H18ClFN2S. The lowest BCUT2D eigenvalue weighted by Gasteiger charge is -2.03. The molecule has 0 aliphatic carbocycles. The minimum absolute atomic E-state index is 0.137. The molecular weight excluding hydrogens is 295 g/mol. The molecule has 0 saturated carbocycles. The second-order valence-corrected chi connectivity index (χ2v) is 6.64. The molecule has 0 unspecified atom stereocenters. The van der Waals surface area contributed by atoms with Gasteiger partial charge in [0, 0.05) is 17.0 Å². The van der Waals surface area contributed by atoms with Gasteiger partial charge < -0.3 is 5.32 Å². The summed E-state index contributed by atoms with van der Waals surface area (Å²) in [5, 5.41) is 4.20. The van der Waals surface area contributed by atoms with Crippen molar-refractivity contribution in [1.82, 2.24) is 10.3 Å². The van der Waals surface area contributed by atoms with Crippen molar-refractivity contribution in [3.63, 3.8) is 0 Å². The molecule has 0 aliphatic heterocycles. The zero-order valence-corrected chi connectivity index (χ0v) is 13.4. The Morgan fingerprint density at radius 3 is 2.75 bits per heavy atom. The van der Waals surface area contributed by atoms with E-state index in [-0.39, 0.29) is 5.02 Å². The van der Waals surface area contributed by atoms with Gasteiger partial charge in [-0.25, -0.2) is 9.37 Å². The monoisotopic (exact) mass is 312 g/mol. The summed E-state index contributed by atoms with van der Waals surface area (Å²) in [6, 6.07) is 4.75. The fraction of sp³-hybridized carbons (Fsp3) is 0.400. The molecule has 1 heterocycles. The SMILES string of the molecule is CNCc1sc(-c2ccc(F)c(Cl)c2)nc1CC(C)C. The summed E-state index contributed by atoms with van der Waals surface area (Å²) in [6.45, 7) is 5.16. The van der Waals surface area contributed by atoms with Crippen molar-refractivity contribution in [2.75, 3.05) is 7.05 Å². The topological polar surface area (TPSA) is 24.9 Å². The summed E-state index contributed by atoms with van der Waals surface area (Å²) >= 11 is 7.48. The molecule has 0 radical (unpaired) electrons. The van der Waals surface area contributed by atoms with Gasteiger partial charge in [-0.1, -0.05) is 25.4 Å². The number of nitrogens with zero attached hydrogens (tertiary/aromatic N) is 1. The first-order chi connectivity index (χ1) is 9.51. The lowest BCUT2D eigenvalue weighted by molar-refractivity contribution is 0.628. The van der Waals surface area contributed by atoms with E-state index in [0.717, 1.165) is 29.2 Å². The summed E-state index contributed by atoms with van der Waals surface area (Å²) in [4.78, 5) is 5.94. The number of thiazole rings is 1. The van der Waals surface area contributed by atoms with Gasteiger partial charge in [0.05, 0.1) is 10.7 Å². The molecule has 2 rings (SSSR count). The van der Waals surface area contributed by atoms with Crippen molar-refractivity contribution < 1.29 is 4.39 Å². The Labute approximate surface area is 128 Å². The summed E-state index contributed by atoms with van der Waals surface area (Å²) in [5.74, 6) is 0.155. The molecule has 2 nitrogen and oxygen atoms in total. The van der Waals surface area contributed by atoms with E-state index in [1.807, 2.05) is 7.05 Å². The van der Waals surface area contributed by atoms with Crippen molar-refractivity contribution in [2.45, 2.75) is 26.8 Å². The molecule has 108 valence electrons. The molecule has 1 aromatic heterocycles. The first kappa shape index (κ1) is 15.4. The summed E-state index contributed by atoms with van der Waals surface area (Å²) in [5.41, 5.74) is 1.99. The first-order valence-corrected chi connectivity index (χ1v) is 7.79. The standard InChI is InChI=1S/C15H18ClFN2S/c1-9(2)6-13-14(8-18-3)20-15(19-13)10-4-5-12(17)11(16)7-10/h4-5,7,9,18H,6,8H2,1-3H3. The van der Waals surface area contributed by atoms with Crippen LogP contribution in [0.25, 0.3) is 10.6 Å². The molecule has 5 heteroatoms. The second-order valence-electron chi connectivity index (χ2n) is 5.15. The normalized spacial score (nSPS) is 11.3. The van der Waals surface area contributed by atoms with Gasteiger partial charge in [0.2, 0.25) is 0 Å². The van der Waals surface area contributed by atoms with Crippen LogP contribution in [0.4, 0.5) is 4.39 Å².